The number of nitrogens with zero attached hydrogens (tertiary/aromatic N) is 1. The van der Waals surface area contributed by atoms with Crippen molar-refractivity contribution in [1.82, 2.24) is 10.2 Å². The summed E-state index contributed by atoms with van der Waals surface area (Å²) < 4.78 is 0. The van der Waals surface area contributed by atoms with Gasteiger partial charge in [-0.2, -0.15) is 5.10 Å². The summed E-state index contributed by atoms with van der Waals surface area (Å²) in [5, 5.41) is 11.5. The third kappa shape index (κ3) is 2.43. The van der Waals surface area contributed by atoms with Crippen molar-refractivity contribution in [3.63, 3.8) is 0 Å². The molecule has 2 N–H and O–H groups in total. The summed E-state index contributed by atoms with van der Waals surface area (Å²) in [6.07, 6.45) is 7.21. The molecule has 3 nitrogen and oxygen atoms in total. The third-order valence-corrected chi connectivity index (χ3v) is 3.03. The number of hydrogen-bond acceptors (Lipinski definition) is 2. The lowest BCUT2D eigenvalue weighted by Crippen LogP contribution is -1.99. The van der Waals surface area contributed by atoms with Crippen LogP contribution in [0.15, 0.2) is 48.7 Å². The Hall–Kier alpha value is -2.73. The zero-order valence-corrected chi connectivity index (χ0v) is 10.4. The van der Waals surface area contributed by atoms with Crippen molar-refractivity contribution in [1.29, 1.82) is 0 Å². The molecule has 0 saturated carbocycles. The fourth-order valence-electron chi connectivity index (χ4n) is 2.02. The molecule has 0 radical (unpaired) electrons. The highest BCUT2D eigenvalue weighted by molar-refractivity contribution is 5.81. The first-order valence-corrected chi connectivity index (χ1v) is 6.08. The number of rotatable bonds is 3. The quantitative estimate of drug-likeness (QED) is 0.698. The number of aromatic amines is 1. The van der Waals surface area contributed by atoms with Gasteiger partial charge >= 0.3 is 0 Å². The summed E-state index contributed by atoms with van der Waals surface area (Å²) in [5.74, 6) is 2.65. The van der Waals surface area contributed by atoms with Crippen molar-refractivity contribution in [3.05, 3.63) is 59.8 Å². The molecule has 1 heterocycles. The Labute approximate surface area is 111 Å². The van der Waals surface area contributed by atoms with Gasteiger partial charge in [-0.25, -0.2) is 0 Å². The Balaban J connectivity index is 1.76. The Bertz CT molecular complexity index is 750. The number of fused-ring (bicyclic) bond motifs is 1. The number of hydrogen-bond donors (Lipinski definition) is 2. The van der Waals surface area contributed by atoms with E-state index in [2.05, 4.69) is 27.5 Å². The van der Waals surface area contributed by atoms with Crippen LogP contribution in [0.25, 0.3) is 10.9 Å². The Morgan fingerprint density at radius 1 is 1.21 bits per heavy atom. The maximum atomic E-state index is 5.39. The fourth-order valence-corrected chi connectivity index (χ4v) is 2.02. The predicted octanol–water partition coefficient (Wildman–Crippen LogP) is 3.16. The average molecular weight is 247 g/mol. The maximum absolute atomic E-state index is 5.39. The van der Waals surface area contributed by atoms with E-state index in [1.807, 2.05) is 42.6 Å². The van der Waals surface area contributed by atoms with E-state index >= 15 is 0 Å². The molecule has 0 atom stereocenters. The van der Waals surface area contributed by atoms with Gasteiger partial charge < -0.3 is 5.32 Å². The second kappa shape index (κ2) is 4.87. The molecule has 0 bridgehead atoms. The van der Waals surface area contributed by atoms with Crippen LogP contribution in [0.3, 0.4) is 0 Å². The van der Waals surface area contributed by atoms with Crippen molar-refractivity contribution in [2.75, 3.05) is 5.32 Å². The molecule has 0 spiro atoms. The predicted molar refractivity (Wildman–Crippen MR) is 77.8 cm³/mol. The molecule has 0 amide bonds. The Morgan fingerprint density at radius 3 is 3.05 bits per heavy atom. The SMILES string of the molecule is C#Cc1cccc(CNc2ccc3cn[nH]c3c2)c1. The average Bonchev–Trinajstić information content (AvgIpc) is 2.93. The number of aromatic nitrogens is 2. The monoisotopic (exact) mass is 247 g/mol. The highest BCUT2D eigenvalue weighted by Gasteiger charge is 1.98. The summed E-state index contributed by atoms with van der Waals surface area (Å²) >= 11 is 0. The van der Waals surface area contributed by atoms with Crippen molar-refractivity contribution in [2.24, 2.45) is 0 Å². The van der Waals surface area contributed by atoms with E-state index in [9.17, 15) is 0 Å². The van der Waals surface area contributed by atoms with Crippen LogP contribution in [-0.2, 0) is 6.54 Å². The van der Waals surface area contributed by atoms with E-state index in [0.29, 0.717) is 0 Å². The molecular weight excluding hydrogens is 234 g/mol. The molecule has 2 aromatic carbocycles. The van der Waals surface area contributed by atoms with Crippen molar-refractivity contribution < 1.29 is 0 Å². The van der Waals surface area contributed by atoms with Gasteiger partial charge in [0.25, 0.3) is 0 Å². The first-order valence-electron chi connectivity index (χ1n) is 6.08. The molecule has 0 saturated heterocycles. The van der Waals surface area contributed by atoms with Gasteiger partial charge in [0.15, 0.2) is 0 Å². The molecule has 0 aliphatic carbocycles. The van der Waals surface area contributed by atoms with Gasteiger partial charge in [-0.3, -0.25) is 5.10 Å². The molecule has 0 unspecified atom stereocenters. The first kappa shape index (κ1) is 11.4. The van der Waals surface area contributed by atoms with Crippen LogP contribution in [0.2, 0.25) is 0 Å². The van der Waals surface area contributed by atoms with E-state index in [4.69, 9.17) is 6.42 Å². The van der Waals surface area contributed by atoms with Gasteiger partial charge in [0, 0.05) is 23.2 Å². The minimum atomic E-state index is 0.745. The van der Waals surface area contributed by atoms with E-state index in [-0.39, 0.29) is 0 Å². The van der Waals surface area contributed by atoms with Crippen LogP contribution in [-0.4, -0.2) is 10.2 Å². The zero-order valence-electron chi connectivity index (χ0n) is 10.4. The molecule has 0 fully saturated rings. The normalized spacial score (nSPS) is 10.3. The van der Waals surface area contributed by atoms with Crippen LogP contribution in [0, 0.1) is 12.3 Å². The van der Waals surface area contributed by atoms with Gasteiger partial charge in [-0.1, -0.05) is 18.1 Å². The van der Waals surface area contributed by atoms with Crippen LogP contribution in [0.4, 0.5) is 5.69 Å². The summed E-state index contributed by atoms with van der Waals surface area (Å²) in [4.78, 5) is 0. The number of benzene rings is 2. The number of nitrogens with one attached hydrogen (secondary N) is 2. The van der Waals surface area contributed by atoms with Crippen LogP contribution in [0.1, 0.15) is 11.1 Å². The molecule has 19 heavy (non-hydrogen) atoms. The highest BCUT2D eigenvalue weighted by atomic mass is 15.1. The molecule has 3 rings (SSSR count). The molecule has 92 valence electrons. The minimum Gasteiger partial charge on any atom is -0.381 e. The van der Waals surface area contributed by atoms with E-state index in [0.717, 1.165) is 28.7 Å². The molecule has 0 aliphatic rings. The zero-order chi connectivity index (χ0) is 13.1. The molecule has 3 heteroatoms. The van der Waals surface area contributed by atoms with E-state index in [1.165, 1.54) is 5.56 Å². The largest absolute Gasteiger partial charge is 0.381 e. The lowest BCUT2D eigenvalue weighted by atomic mass is 10.1. The number of anilines is 1. The smallest absolute Gasteiger partial charge is 0.0670 e. The highest BCUT2D eigenvalue weighted by Crippen LogP contribution is 2.17. The van der Waals surface area contributed by atoms with Crippen LogP contribution < -0.4 is 5.32 Å². The molecular formula is C16H13N3. The van der Waals surface area contributed by atoms with Gasteiger partial charge in [-0.05, 0) is 35.9 Å². The number of H-pyrrole nitrogens is 1. The van der Waals surface area contributed by atoms with Crippen molar-refractivity contribution in [2.45, 2.75) is 6.54 Å². The van der Waals surface area contributed by atoms with Crippen molar-refractivity contribution in [3.8, 4) is 12.3 Å². The second-order valence-electron chi connectivity index (χ2n) is 4.37. The summed E-state index contributed by atoms with van der Waals surface area (Å²) in [6.45, 7) is 0.745. The Kier molecular flexibility index (Phi) is 2.91. The molecule has 0 aliphatic heterocycles. The van der Waals surface area contributed by atoms with E-state index < -0.39 is 0 Å². The Morgan fingerprint density at radius 2 is 2.16 bits per heavy atom. The first-order chi connectivity index (χ1) is 9.35. The van der Waals surface area contributed by atoms with Crippen LogP contribution in [0.5, 0.6) is 0 Å². The molecule has 1 aromatic heterocycles. The van der Waals surface area contributed by atoms with Gasteiger partial charge in [0.05, 0.1) is 11.7 Å². The lowest BCUT2D eigenvalue weighted by molar-refractivity contribution is 1.12. The van der Waals surface area contributed by atoms with Crippen molar-refractivity contribution >= 4 is 16.6 Å². The number of terminal acetylenes is 1. The topological polar surface area (TPSA) is 40.7 Å². The third-order valence-electron chi connectivity index (χ3n) is 3.03. The lowest BCUT2D eigenvalue weighted by Gasteiger charge is -2.07. The summed E-state index contributed by atoms with van der Waals surface area (Å²) in [7, 11) is 0. The standard InChI is InChI=1S/C16H13N3/c1-2-12-4-3-5-13(8-12)10-17-15-7-6-14-11-18-19-16(14)9-15/h1,3-9,11,17H,10H2,(H,18,19). The van der Waals surface area contributed by atoms with Crippen LogP contribution >= 0.6 is 0 Å². The second-order valence-corrected chi connectivity index (χ2v) is 4.37. The van der Waals surface area contributed by atoms with E-state index in [1.54, 1.807) is 0 Å². The van der Waals surface area contributed by atoms with Gasteiger partial charge in [0.1, 0.15) is 0 Å². The maximum Gasteiger partial charge on any atom is 0.0670 e. The summed E-state index contributed by atoms with van der Waals surface area (Å²) in [6, 6.07) is 14.1. The minimum absolute atomic E-state index is 0.745. The fraction of sp³-hybridized carbons (Fsp3) is 0.0625. The summed E-state index contributed by atoms with van der Waals surface area (Å²) in [5.41, 5.74) is 4.16. The molecule has 3 aromatic rings. The van der Waals surface area contributed by atoms with Gasteiger partial charge in [-0.15, -0.1) is 6.42 Å². The van der Waals surface area contributed by atoms with Gasteiger partial charge in [0.2, 0.25) is 0 Å².